The molecule has 1 amide bonds. The number of hydrogen-bond donors (Lipinski definition) is 2. The second-order valence-electron chi connectivity index (χ2n) is 6.99. The second-order valence-corrected chi connectivity index (χ2v) is 6.99. The van der Waals surface area contributed by atoms with E-state index in [-0.39, 0.29) is 5.91 Å². The van der Waals surface area contributed by atoms with Crippen LogP contribution in [0.1, 0.15) is 44.0 Å². The fourth-order valence-corrected chi connectivity index (χ4v) is 3.12. The molecule has 0 bridgehead atoms. The highest BCUT2D eigenvalue weighted by Crippen LogP contribution is 2.21. The number of amides is 1. The Hall–Kier alpha value is -2.18. The average Bonchev–Trinajstić information content (AvgIpc) is 3.04. The fraction of sp³-hybridized carbons (Fsp3) is 0.474. The van der Waals surface area contributed by atoms with Crippen LogP contribution < -0.4 is 11.1 Å². The van der Waals surface area contributed by atoms with Crippen LogP contribution in [0.5, 0.6) is 0 Å². The predicted octanol–water partition coefficient (Wildman–Crippen LogP) is 2.50. The molecule has 6 nitrogen and oxygen atoms in total. The maximum absolute atomic E-state index is 12.6. The summed E-state index contributed by atoms with van der Waals surface area (Å²) in [6.07, 6.45) is 4.90. The van der Waals surface area contributed by atoms with Gasteiger partial charge in [0.1, 0.15) is 11.4 Å². The first kappa shape index (κ1) is 17.6. The van der Waals surface area contributed by atoms with Crippen molar-refractivity contribution in [3.8, 4) is 0 Å². The van der Waals surface area contributed by atoms with Gasteiger partial charge in [-0.15, -0.1) is 0 Å². The molecule has 2 heterocycles. The minimum absolute atomic E-state index is 0.140. The first-order chi connectivity index (χ1) is 12.0. The highest BCUT2D eigenvalue weighted by molar-refractivity contribution is 5.98. The normalized spacial score (nSPS) is 16.8. The van der Waals surface area contributed by atoms with Gasteiger partial charge in [0, 0.05) is 43.8 Å². The third kappa shape index (κ3) is 4.08. The lowest BCUT2D eigenvalue weighted by atomic mass is 9.90. The van der Waals surface area contributed by atoms with E-state index < -0.39 is 5.54 Å². The first-order valence-electron chi connectivity index (χ1n) is 8.76. The standard InChI is InChI=1S/C19H26N4O2/c1-14(2)17-21-8-9-23(17)13-15-4-3-5-16(12-15)22-18(24)19(20)6-10-25-11-7-19/h3-5,8-9,12,14H,6-7,10-11,13,20H2,1-2H3,(H,22,24). The lowest BCUT2D eigenvalue weighted by Gasteiger charge is -2.31. The molecule has 3 rings (SSSR count). The molecule has 1 aliphatic heterocycles. The molecular formula is C19H26N4O2. The Kier molecular flexibility index (Phi) is 5.20. The van der Waals surface area contributed by atoms with E-state index in [0.717, 1.165) is 23.6 Å². The fourth-order valence-electron chi connectivity index (χ4n) is 3.12. The van der Waals surface area contributed by atoms with Crippen molar-refractivity contribution in [2.45, 2.75) is 44.7 Å². The molecule has 1 saturated heterocycles. The summed E-state index contributed by atoms with van der Waals surface area (Å²) in [5.41, 5.74) is 7.28. The number of hydrogen-bond acceptors (Lipinski definition) is 4. The zero-order valence-electron chi connectivity index (χ0n) is 14.9. The summed E-state index contributed by atoms with van der Waals surface area (Å²) in [6.45, 7) is 6.04. The van der Waals surface area contributed by atoms with Gasteiger partial charge in [-0.05, 0) is 30.5 Å². The molecule has 1 aliphatic rings. The zero-order chi connectivity index (χ0) is 17.9. The van der Waals surface area contributed by atoms with Crippen molar-refractivity contribution in [3.05, 3.63) is 48.0 Å². The van der Waals surface area contributed by atoms with Crippen LogP contribution in [0.25, 0.3) is 0 Å². The number of imidazole rings is 1. The summed E-state index contributed by atoms with van der Waals surface area (Å²) < 4.78 is 7.44. The summed E-state index contributed by atoms with van der Waals surface area (Å²) >= 11 is 0. The molecule has 1 aromatic carbocycles. The monoisotopic (exact) mass is 342 g/mol. The van der Waals surface area contributed by atoms with Gasteiger partial charge in [0.05, 0.1) is 0 Å². The molecule has 0 spiro atoms. The van der Waals surface area contributed by atoms with Crippen LogP contribution in [-0.4, -0.2) is 34.2 Å². The van der Waals surface area contributed by atoms with E-state index in [1.54, 1.807) is 0 Å². The molecule has 2 aromatic rings. The minimum Gasteiger partial charge on any atom is -0.381 e. The Labute approximate surface area is 148 Å². The highest BCUT2D eigenvalue weighted by atomic mass is 16.5. The quantitative estimate of drug-likeness (QED) is 0.875. The van der Waals surface area contributed by atoms with Gasteiger partial charge in [-0.25, -0.2) is 4.98 Å². The number of aromatic nitrogens is 2. The largest absolute Gasteiger partial charge is 0.381 e. The third-order valence-corrected chi connectivity index (χ3v) is 4.64. The van der Waals surface area contributed by atoms with E-state index >= 15 is 0 Å². The number of rotatable bonds is 5. The van der Waals surface area contributed by atoms with Gasteiger partial charge in [-0.3, -0.25) is 4.79 Å². The van der Waals surface area contributed by atoms with E-state index in [0.29, 0.717) is 32.0 Å². The Morgan fingerprint density at radius 3 is 2.88 bits per heavy atom. The van der Waals surface area contributed by atoms with Gasteiger partial charge in [-0.2, -0.15) is 0 Å². The number of nitrogens with two attached hydrogens (primary N) is 1. The third-order valence-electron chi connectivity index (χ3n) is 4.64. The first-order valence-corrected chi connectivity index (χ1v) is 8.76. The van der Waals surface area contributed by atoms with E-state index in [1.165, 1.54) is 0 Å². The van der Waals surface area contributed by atoms with Crippen molar-refractivity contribution in [1.29, 1.82) is 0 Å². The number of ether oxygens (including phenoxy) is 1. The minimum atomic E-state index is -0.844. The van der Waals surface area contributed by atoms with Gasteiger partial charge < -0.3 is 20.4 Å². The van der Waals surface area contributed by atoms with Crippen molar-refractivity contribution in [3.63, 3.8) is 0 Å². The van der Waals surface area contributed by atoms with Crippen LogP contribution in [0.15, 0.2) is 36.7 Å². The summed E-state index contributed by atoms with van der Waals surface area (Å²) in [7, 11) is 0. The predicted molar refractivity (Wildman–Crippen MR) is 97.5 cm³/mol. The maximum atomic E-state index is 12.6. The van der Waals surface area contributed by atoms with E-state index in [2.05, 4.69) is 28.7 Å². The van der Waals surface area contributed by atoms with E-state index in [1.807, 2.05) is 36.7 Å². The topological polar surface area (TPSA) is 82.2 Å². The van der Waals surface area contributed by atoms with Gasteiger partial charge in [-0.1, -0.05) is 26.0 Å². The van der Waals surface area contributed by atoms with Crippen molar-refractivity contribution < 1.29 is 9.53 Å². The Balaban J connectivity index is 1.71. The summed E-state index contributed by atoms with van der Waals surface area (Å²) in [5, 5.41) is 2.97. The van der Waals surface area contributed by atoms with Gasteiger partial charge in [0.2, 0.25) is 5.91 Å². The lowest BCUT2D eigenvalue weighted by Crippen LogP contribution is -2.54. The molecule has 3 N–H and O–H groups in total. The Morgan fingerprint density at radius 2 is 2.16 bits per heavy atom. The molecule has 1 aromatic heterocycles. The number of nitrogens with one attached hydrogen (secondary N) is 1. The average molecular weight is 342 g/mol. The summed E-state index contributed by atoms with van der Waals surface area (Å²) in [4.78, 5) is 17.0. The van der Waals surface area contributed by atoms with Crippen molar-refractivity contribution in [1.82, 2.24) is 9.55 Å². The number of carbonyl (C=O) groups is 1. The molecular weight excluding hydrogens is 316 g/mol. The Morgan fingerprint density at radius 1 is 1.40 bits per heavy atom. The maximum Gasteiger partial charge on any atom is 0.244 e. The van der Waals surface area contributed by atoms with Crippen molar-refractivity contribution in [2.75, 3.05) is 18.5 Å². The number of benzene rings is 1. The number of anilines is 1. The molecule has 0 unspecified atom stereocenters. The Bertz CT molecular complexity index is 733. The van der Waals surface area contributed by atoms with Gasteiger partial charge >= 0.3 is 0 Å². The zero-order valence-corrected chi connectivity index (χ0v) is 14.9. The number of nitrogens with zero attached hydrogens (tertiary/aromatic N) is 2. The van der Waals surface area contributed by atoms with Crippen LogP contribution >= 0.6 is 0 Å². The summed E-state index contributed by atoms with van der Waals surface area (Å²) in [5.74, 6) is 1.28. The van der Waals surface area contributed by atoms with Crippen molar-refractivity contribution >= 4 is 11.6 Å². The molecule has 0 radical (unpaired) electrons. The molecule has 0 saturated carbocycles. The number of carbonyl (C=O) groups excluding carboxylic acids is 1. The van der Waals surface area contributed by atoms with Crippen molar-refractivity contribution in [2.24, 2.45) is 5.73 Å². The van der Waals surface area contributed by atoms with Crippen LogP contribution in [-0.2, 0) is 16.1 Å². The van der Waals surface area contributed by atoms with Crippen LogP contribution in [0, 0.1) is 0 Å². The SMILES string of the molecule is CC(C)c1nccn1Cc1cccc(NC(=O)C2(N)CCOCC2)c1. The van der Waals surface area contributed by atoms with Crippen LogP contribution in [0.2, 0.25) is 0 Å². The molecule has 0 atom stereocenters. The van der Waals surface area contributed by atoms with Gasteiger partial charge in [0.15, 0.2) is 0 Å². The molecule has 1 fully saturated rings. The molecule has 6 heteroatoms. The van der Waals surface area contributed by atoms with E-state index in [9.17, 15) is 4.79 Å². The van der Waals surface area contributed by atoms with Crippen LogP contribution in [0.3, 0.4) is 0 Å². The molecule has 134 valence electrons. The summed E-state index contributed by atoms with van der Waals surface area (Å²) in [6, 6.07) is 7.88. The molecule has 25 heavy (non-hydrogen) atoms. The smallest absolute Gasteiger partial charge is 0.244 e. The van der Waals surface area contributed by atoms with E-state index in [4.69, 9.17) is 10.5 Å². The highest BCUT2D eigenvalue weighted by Gasteiger charge is 2.35. The van der Waals surface area contributed by atoms with Gasteiger partial charge in [0.25, 0.3) is 0 Å². The van der Waals surface area contributed by atoms with Crippen LogP contribution in [0.4, 0.5) is 5.69 Å². The second kappa shape index (κ2) is 7.37. The lowest BCUT2D eigenvalue weighted by molar-refractivity contribution is -0.124. The molecule has 0 aliphatic carbocycles.